The highest BCUT2D eigenvalue weighted by atomic mass is 19.1. The largest absolute Gasteiger partial charge is 0.333 e. The minimum Gasteiger partial charge on any atom is -0.333 e. The van der Waals surface area contributed by atoms with E-state index in [1.54, 1.807) is 17.9 Å². The number of carbonyl (C=O) groups excluding carboxylic acids is 2. The van der Waals surface area contributed by atoms with Gasteiger partial charge in [0.05, 0.1) is 17.3 Å². The van der Waals surface area contributed by atoms with Crippen molar-refractivity contribution < 1.29 is 14.0 Å². The lowest BCUT2D eigenvalue weighted by Gasteiger charge is -2.38. The fraction of sp³-hybridized carbons (Fsp3) is 0.308. The Kier molecular flexibility index (Phi) is 6.58. The second kappa shape index (κ2) is 9.59. The van der Waals surface area contributed by atoms with Crippen LogP contribution >= 0.6 is 0 Å². The molecule has 2 heterocycles. The van der Waals surface area contributed by atoms with Crippen molar-refractivity contribution in [3.8, 4) is 0 Å². The SMILES string of the molecule is Cc1c(Cc2ccc(F)c(C(=O)N3CCN([C@H](C)c4ccccc4)C(=O)C3)c2)n[nH]c(=O)c1C. The molecule has 0 spiro atoms. The number of hydrogen-bond donors (Lipinski definition) is 1. The van der Waals surface area contributed by atoms with Crippen LogP contribution in [-0.2, 0) is 11.2 Å². The summed E-state index contributed by atoms with van der Waals surface area (Å²) in [6.07, 6.45) is 0.339. The summed E-state index contributed by atoms with van der Waals surface area (Å²) in [7, 11) is 0. The molecule has 1 aliphatic heterocycles. The van der Waals surface area contributed by atoms with E-state index in [4.69, 9.17) is 0 Å². The van der Waals surface area contributed by atoms with E-state index in [9.17, 15) is 18.8 Å². The van der Waals surface area contributed by atoms with Crippen LogP contribution < -0.4 is 5.56 Å². The van der Waals surface area contributed by atoms with Gasteiger partial charge in [-0.2, -0.15) is 5.10 Å². The Morgan fingerprint density at radius 3 is 2.53 bits per heavy atom. The number of hydrogen-bond acceptors (Lipinski definition) is 4. The molecule has 3 aromatic rings. The van der Waals surface area contributed by atoms with Crippen molar-refractivity contribution in [1.29, 1.82) is 0 Å². The average molecular weight is 463 g/mol. The summed E-state index contributed by atoms with van der Waals surface area (Å²) in [5.74, 6) is -1.32. The van der Waals surface area contributed by atoms with Gasteiger partial charge in [-0.1, -0.05) is 36.4 Å². The second-order valence-corrected chi connectivity index (χ2v) is 8.64. The molecule has 0 aliphatic carbocycles. The van der Waals surface area contributed by atoms with Gasteiger partial charge in [0.1, 0.15) is 12.4 Å². The van der Waals surface area contributed by atoms with Crippen molar-refractivity contribution in [3.05, 3.63) is 98.2 Å². The first-order valence-electron chi connectivity index (χ1n) is 11.2. The third-order valence-corrected chi connectivity index (χ3v) is 6.56. The molecule has 4 rings (SSSR count). The van der Waals surface area contributed by atoms with Crippen LogP contribution in [0.2, 0.25) is 0 Å². The highest BCUT2D eigenvalue weighted by molar-refractivity contribution is 5.97. The monoisotopic (exact) mass is 462 g/mol. The van der Waals surface area contributed by atoms with Gasteiger partial charge in [0, 0.05) is 25.1 Å². The fourth-order valence-corrected chi connectivity index (χ4v) is 4.24. The Hall–Kier alpha value is -3.81. The molecule has 2 aromatic carbocycles. The second-order valence-electron chi connectivity index (χ2n) is 8.64. The lowest BCUT2D eigenvalue weighted by molar-refractivity contribution is -0.137. The normalized spacial score (nSPS) is 14.9. The predicted octanol–water partition coefficient (Wildman–Crippen LogP) is 3.16. The van der Waals surface area contributed by atoms with Crippen LogP contribution in [0.3, 0.4) is 0 Å². The number of amides is 2. The summed E-state index contributed by atoms with van der Waals surface area (Å²) >= 11 is 0. The van der Waals surface area contributed by atoms with Gasteiger partial charge in [-0.05, 0) is 49.6 Å². The molecule has 0 bridgehead atoms. The molecule has 1 atom stereocenters. The van der Waals surface area contributed by atoms with Crippen LogP contribution in [0.5, 0.6) is 0 Å². The third kappa shape index (κ3) is 4.62. The van der Waals surface area contributed by atoms with Crippen LogP contribution in [0.25, 0.3) is 0 Å². The maximum atomic E-state index is 14.6. The zero-order chi connectivity index (χ0) is 24.4. The molecule has 176 valence electrons. The number of piperazine rings is 1. The van der Waals surface area contributed by atoms with E-state index < -0.39 is 11.7 Å². The molecular weight excluding hydrogens is 435 g/mol. The first-order valence-corrected chi connectivity index (χ1v) is 11.2. The van der Waals surface area contributed by atoms with E-state index in [1.807, 2.05) is 44.2 Å². The number of nitrogens with zero attached hydrogens (tertiary/aromatic N) is 3. The van der Waals surface area contributed by atoms with Crippen LogP contribution in [0.15, 0.2) is 53.3 Å². The predicted molar refractivity (Wildman–Crippen MR) is 126 cm³/mol. The smallest absolute Gasteiger partial charge is 0.267 e. The molecule has 1 aromatic heterocycles. The first-order chi connectivity index (χ1) is 16.3. The summed E-state index contributed by atoms with van der Waals surface area (Å²) in [5, 5.41) is 6.57. The van der Waals surface area contributed by atoms with Gasteiger partial charge in [-0.3, -0.25) is 14.4 Å². The minimum absolute atomic E-state index is 0.0753. The molecular formula is C26H27FN4O3. The van der Waals surface area contributed by atoms with E-state index in [0.717, 1.165) is 11.1 Å². The number of aromatic nitrogens is 2. The molecule has 34 heavy (non-hydrogen) atoms. The zero-order valence-corrected chi connectivity index (χ0v) is 19.5. The van der Waals surface area contributed by atoms with E-state index in [2.05, 4.69) is 10.2 Å². The van der Waals surface area contributed by atoms with Gasteiger partial charge < -0.3 is 9.80 Å². The average Bonchev–Trinajstić information content (AvgIpc) is 2.85. The van der Waals surface area contributed by atoms with Crippen LogP contribution in [-0.4, -0.2) is 51.4 Å². The molecule has 1 saturated heterocycles. The number of aromatic amines is 1. The standard InChI is InChI=1S/C26H27FN4O3/c1-16-17(2)25(33)29-28-23(16)14-19-9-10-22(27)21(13-19)26(34)30-11-12-31(24(32)15-30)18(3)20-7-5-4-6-8-20/h4-10,13,18H,11-12,14-15H2,1-3H3,(H,29,33)/t18-/m1/s1. The first kappa shape index (κ1) is 23.4. The summed E-state index contributed by atoms with van der Waals surface area (Å²) in [6.45, 7) is 6.09. The van der Waals surface area contributed by atoms with E-state index >= 15 is 0 Å². The molecule has 1 fully saturated rings. The van der Waals surface area contributed by atoms with Gasteiger partial charge in [-0.25, -0.2) is 9.49 Å². The third-order valence-electron chi connectivity index (χ3n) is 6.56. The van der Waals surface area contributed by atoms with Crippen LogP contribution in [0, 0.1) is 19.7 Å². The lowest BCUT2D eigenvalue weighted by Crippen LogP contribution is -2.52. The van der Waals surface area contributed by atoms with E-state index in [0.29, 0.717) is 36.3 Å². The van der Waals surface area contributed by atoms with Crippen molar-refractivity contribution in [2.75, 3.05) is 19.6 Å². The van der Waals surface area contributed by atoms with Crippen molar-refractivity contribution in [2.24, 2.45) is 0 Å². The van der Waals surface area contributed by atoms with Crippen molar-refractivity contribution >= 4 is 11.8 Å². The number of rotatable bonds is 5. The Morgan fingerprint density at radius 2 is 1.82 bits per heavy atom. The Balaban J connectivity index is 1.50. The fourth-order valence-electron chi connectivity index (χ4n) is 4.24. The van der Waals surface area contributed by atoms with Gasteiger partial charge in [0.15, 0.2) is 0 Å². The number of benzene rings is 2. The molecule has 1 aliphatic rings. The van der Waals surface area contributed by atoms with Crippen molar-refractivity contribution in [2.45, 2.75) is 33.2 Å². The van der Waals surface area contributed by atoms with Gasteiger partial charge in [0.25, 0.3) is 11.5 Å². The van der Waals surface area contributed by atoms with Gasteiger partial charge in [0.2, 0.25) is 5.91 Å². The molecule has 0 radical (unpaired) electrons. The number of carbonyl (C=O) groups is 2. The Labute approximate surface area is 197 Å². The highest BCUT2D eigenvalue weighted by Crippen LogP contribution is 2.24. The molecule has 7 nitrogen and oxygen atoms in total. The number of halogens is 1. The molecule has 1 N–H and O–H groups in total. The maximum Gasteiger partial charge on any atom is 0.267 e. The van der Waals surface area contributed by atoms with Crippen LogP contribution in [0.1, 0.15) is 51.3 Å². The highest BCUT2D eigenvalue weighted by Gasteiger charge is 2.31. The number of H-pyrrole nitrogens is 1. The van der Waals surface area contributed by atoms with Crippen molar-refractivity contribution in [1.82, 2.24) is 20.0 Å². The molecule has 8 heteroatoms. The Bertz CT molecular complexity index is 1290. The summed E-state index contributed by atoms with van der Waals surface area (Å²) in [6, 6.07) is 14.0. The number of nitrogens with one attached hydrogen (secondary N) is 1. The van der Waals surface area contributed by atoms with Crippen LogP contribution in [0.4, 0.5) is 4.39 Å². The molecule has 0 saturated carbocycles. The summed E-state index contributed by atoms with van der Waals surface area (Å²) < 4.78 is 14.6. The molecule has 0 unspecified atom stereocenters. The maximum absolute atomic E-state index is 14.6. The molecule has 2 amide bonds. The quantitative estimate of drug-likeness (QED) is 0.631. The summed E-state index contributed by atoms with van der Waals surface area (Å²) in [4.78, 5) is 40.9. The topological polar surface area (TPSA) is 86.4 Å². The van der Waals surface area contributed by atoms with Gasteiger partial charge in [-0.15, -0.1) is 0 Å². The van der Waals surface area contributed by atoms with E-state index in [1.165, 1.54) is 17.0 Å². The van der Waals surface area contributed by atoms with Crippen molar-refractivity contribution in [3.63, 3.8) is 0 Å². The minimum atomic E-state index is -0.636. The van der Waals surface area contributed by atoms with Gasteiger partial charge >= 0.3 is 0 Å². The Morgan fingerprint density at radius 1 is 1.09 bits per heavy atom. The lowest BCUT2D eigenvalue weighted by atomic mass is 10.0. The zero-order valence-electron chi connectivity index (χ0n) is 19.5. The van der Waals surface area contributed by atoms with E-state index in [-0.39, 0.29) is 29.6 Å². The summed E-state index contributed by atoms with van der Waals surface area (Å²) in [5.41, 5.74) is 3.38.